The van der Waals surface area contributed by atoms with Crippen LogP contribution in [-0.4, -0.2) is 23.6 Å². The van der Waals surface area contributed by atoms with Gasteiger partial charge in [-0.25, -0.2) is 10.9 Å². The summed E-state index contributed by atoms with van der Waals surface area (Å²) in [6, 6.07) is 10.1. The minimum absolute atomic E-state index is 0.197. The maximum absolute atomic E-state index is 12.7. The van der Waals surface area contributed by atoms with Crippen molar-refractivity contribution in [1.29, 1.82) is 0 Å². The number of aryl methyl sites for hydroxylation is 1. The number of carbonyl (C=O) groups is 2. The van der Waals surface area contributed by atoms with Crippen LogP contribution in [0.25, 0.3) is 0 Å². The van der Waals surface area contributed by atoms with Crippen molar-refractivity contribution < 1.29 is 14.8 Å². The Balaban J connectivity index is 2.78. The number of hydrogen-bond donors (Lipinski definition) is 4. The van der Waals surface area contributed by atoms with Crippen molar-refractivity contribution >= 4 is 11.8 Å². The molecule has 27 heavy (non-hydrogen) atoms. The van der Waals surface area contributed by atoms with Crippen LogP contribution in [0, 0.1) is 23.7 Å². The topological polar surface area (TPSA) is 90.5 Å². The molecule has 0 spiro atoms. The van der Waals surface area contributed by atoms with Crippen molar-refractivity contribution in [2.75, 3.05) is 6.54 Å². The minimum Gasteiger partial charge on any atom is -0.291 e. The van der Waals surface area contributed by atoms with E-state index in [0.717, 1.165) is 12.8 Å². The summed E-state index contributed by atoms with van der Waals surface area (Å²) in [4.78, 5) is 25.0. The van der Waals surface area contributed by atoms with E-state index in [2.05, 4.69) is 36.8 Å². The summed E-state index contributed by atoms with van der Waals surface area (Å²) < 4.78 is 0. The Morgan fingerprint density at radius 3 is 2.19 bits per heavy atom. The maximum atomic E-state index is 12.7. The number of hydroxylamine groups is 1. The summed E-state index contributed by atoms with van der Waals surface area (Å²) in [7, 11) is 0. The van der Waals surface area contributed by atoms with Crippen LogP contribution in [-0.2, 0) is 16.0 Å². The first-order chi connectivity index (χ1) is 12.8. The predicted octanol–water partition coefficient (Wildman–Crippen LogP) is 3.07. The lowest BCUT2D eigenvalue weighted by atomic mass is 9.81. The molecule has 1 aromatic carbocycles. The van der Waals surface area contributed by atoms with Gasteiger partial charge in [-0.15, -0.1) is 0 Å². The molecule has 0 heterocycles. The van der Waals surface area contributed by atoms with Crippen molar-refractivity contribution in [1.82, 2.24) is 16.3 Å². The van der Waals surface area contributed by atoms with Gasteiger partial charge in [0.15, 0.2) is 0 Å². The molecule has 0 radical (unpaired) electrons. The molecule has 0 fully saturated rings. The summed E-state index contributed by atoms with van der Waals surface area (Å²) in [6.07, 6.45) is 2.72. The molecule has 0 unspecified atom stereocenters. The highest BCUT2D eigenvalue weighted by atomic mass is 16.5. The van der Waals surface area contributed by atoms with E-state index in [1.165, 1.54) is 5.56 Å². The Labute approximate surface area is 163 Å². The van der Waals surface area contributed by atoms with Crippen LogP contribution in [0.2, 0.25) is 0 Å². The van der Waals surface area contributed by atoms with E-state index in [1.54, 1.807) is 5.48 Å². The molecule has 2 amide bonds. The Bertz CT molecular complexity index is 561. The number of rotatable bonds is 12. The highest BCUT2D eigenvalue weighted by Gasteiger charge is 2.33. The number of hydrazine groups is 1. The van der Waals surface area contributed by atoms with E-state index in [4.69, 9.17) is 0 Å². The molecule has 6 nitrogen and oxygen atoms in total. The average Bonchev–Trinajstić information content (AvgIpc) is 2.63. The fourth-order valence-corrected chi connectivity index (χ4v) is 3.17. The second-order valence-electron chi connectivity index (χ2n) is 7.96. The average molecular weight is 378 g/mol. The first-order valence-electron chi connectivity index (χ1n) is 9.85. The van der Waals surface area contributed by atoms with Gasteiger partial charge in [0.1, 0.15) is 0 Å². The summed E-state index contributed by atoms with van der Waals surface area (Å²) in [6.45, 7) is 8.82. The molecule has 0 aliphatic rings. The molecule has 0 aliphatic heterocycles. The lowest BCUT2D eigenvalue weighted by Gasteiger charge is -2.26. The zero-order valence-corrected chi connectivity index (χ0v) is 17.0. The standard InChI is InChI=1S/C21H35N3O3/c1-15(2)13-19(20(25)23-22-14-16(3)4)18(21(26)24-27)12-8-11-17-9-6-5-7-10-17/h5-7,9-10,15-16,18-19,22,27H,8,11-14H2,1-4H3,(H,23,25)(H,24,26)/t18-,19+/m0/s1. The van der Waals surface area contributed by atoms with Crippen LogP contribution >= 0.6 is 0 Å². The quantitative estimate of drug-likeness (QED) is 0.333. The molecule has 2 atom stereocenters. The molecule has 0 aliphatic carbocycles. The summed E-state index contributed by atoms with van der Waals surface area (Å²) in [5.74, 6) is -1.09. The molecule has 0 bridgehead atoms. The molecule has 1 rings (SSSR count). The van der Waals surface area contributed by atoms with Gasteiger partial charge in [-0.3, -0.25) is 20.2 Å². The zero-order valence-electron chi connectivity index (χ0n) is 17.0. The molecule has 1 aromatic rings. The van der Waals surface area contributed by atoms with Crippen LogP contribution in [0.1, 0.15) is 52.5 Å². The van der Waals surface area contributed by atoms with E-state index in [1.807, 2.05) is 32.0 Å². The number of benzene rings is 1. The smallest absolute Gasteiger partial charge is 0.247 e. The van der Waals surface area contributed by atoms with E-state index >= 15 is 0 Å². The highest BCUT2D eigenvalue weighted by Crippen LogP contribution is 2.26. The van der Waals surface area contributed by atoms with Gasteiger partial charge in [0.25, 0.3) is 0 Å². The molecule has 4 N–H and O–H groups in total. The molecular formula is C21H35N3O3. The van der Waals surface area contributed by atoms with E-state index in [-0.39, 0.29) is 11.8 Å². The van der Waals surface area contributed by atoms with E-state index in [0.29, 0.717) is 25.3 Å². The van der Waals surface area contributed by atoms with Crippen molar-refractivity contribution in [2.45, 2.75) is 53.4 Å². The normalized spacial score (nSPS) is 13.4. The van der Waals surface area contributed by atoms with Gasteiger partial charge in [-0.05, 0) is 43.1 Å². The Morgan fingerprint density at radius 1 is 0.963 bits per heavy atom. The van der Waals surface area contributed by atoms with Crippen LogP contribution < -0.4 is 16.3 Å². The minimum atomic E-state index is -0.568. The molecule has 6 heteroatoms. The van der Waals surface area contributed by atoms with Crippen molar-refractivity contribution in [3.05, 3.63) is 35.9 Å². The van der Waals surface area contributed by atoms with Crippen LogP contribution in [0.3, 0.4) is 0 Å². The molecule has 0 saturated heterocycles. The number of carbonyl (C=O) groups excluding carboxylic acids is 2. The number of amides is 2. The fourth-order valence-electron chi connectivity index (χ4n) is 3.17. The lowest BCUT2D eigenvalue weighted by Crippen LogP contribution is -2.47. The van der Waals surface area contributed by atoms with Crippen LogP contribution in [0.4, 0.5) is 0 Å². The van der Waals surface area contributed by atoms with E-state index < -0.39 is 17.7 Å². The van der Waals surface area contributed by atoms with Gasteiger partial charge in [0, 0.05) is 6.54 Å². The third-order valence-electron chi connectivity index (χ3n) is 4.54. The lowest BCUT2D eigenvalue weighted by molar-refractivity contribution is -0.141. The second-order valence-corrected chi connectivity index (χ2v) is 7.96. The third-order valence-corrected chi connectivity index (χ3v) is 4.54. The Kier molecular flexibility index (Phi) is 10.7. The fraction of sp³-hybridized carbons (Fsp3) is 0.619. The van der Waals surface area contributed by atoms with Crippen molar-refractivity contribution in [3.8, 4) is 0 Å². The summed E-state index contributed by atoms with van der Waals surface area (Å²) in [5.41, 5.74) is 8.63. The SMILES string of the molecule is CC(C)CNNC(=O)[C@H](CC(C)C)[C@H](CCCc1ccccc1)C(=O)NO. The first-order valence-corrected chi connectivity index (χ1v) is 9.85. The molecular weight excluding hydrogens is 342 g/mol. The van der Waals surface area contributed by atoms with Gasteiger partial charge in [0.05, 0.1) is 11.8 Å². The summed E-state index contributed by atoms with van der Waals surface area (Å²) in [5, 5.41) is 9.19. The maximum Gasteiger partial charge on any atom is 0.247 e. The molecule has 0 aromatic heterocycles. The van der Waals surface area contributed by atoms with Gasteiger partial charge < -0.3 is 0 Å². The van der Waals surface area contributed by atoms with Crippen LogP contribution in [0.5, 0.6) is 0 Å². The van der Waals surface area contributed by atoms with Crippen molar-refractivity contribution in [3.63, 3.8) is 0 Å². The van der Waals surface area contributed by atoms with Gasteiger partial charge in [0.2, 0.25) is 11.8 Å². The highest BCUT2D eigenvalue weighted by molar-refractivity contribution is 5.87. The number of nitrogens with one attached hydrogen (secondary N) is 3. The Hall–Kier alpha value is -1.92. The zero-order chi connectivity index (χ0) is 20.2. The molecule has 152 valence electrons. The predicted molar refractivity (Wildman–Crippen MR) is 107 cm³/mol. The molecule has 0 saturated carbocycles. The number of hydrogen-bond acceptors (Lipinski definition) is 4. The van der Waals surface area contributed by atoms with Gasteiger partial charge in [-0.1, -0.05) is 58.0 Å². The van der Waals surface area contributed by atoms with Gasteiger partial charge >= 0.3 is 0 Å². The monoisotopic (exact) mass is 377 g/mol. The largest absolute Gasteiger partial charge is 0.291 e. The Morgan fingerprint density at radius 2 is 1.63 bits per heavy atom. The third kappa shape index (κ3) is 9.02. The van der Waals surface area contributed by atoms with E-state index in [9.17, 15) is 14.8 Å². The second kappa shape index (κ2) is 12.5. The first kappa shape index (κ1) is 23.1. The van der Waals surface area contributed by atoms with Crippen LogP contribution in [0.15, 0.2) is 30.3 Å². The summed E-state index contributed by atoms with van der Waals surface area (Å²) >= 11 is 0. The van der Waals surface area contributed by atoms with Crippen molar-refractivity contribution in [2.24, 2.45) is 23.7 Å². The van der Waals surface area contributed by atoms with Gasteiger partial charge in [-0.2, -0.15) is 0 Å².